The van der Waals surface area contributed by atoms with Crippen LogP contribution >= 0.6 is 11.3 Å². The zero-order chi connectivity index (χ0) is 14.5. The van der Waals surface area contributed by atoms with E-state index in [2.05, 4.69) is 10.00 Å². The Kier molecular flexibility index (Phi) is 4.92. The molecule has 2 aromatic rings. The summed E-state index contributed by atoms with van der Waals surface area (Å²) in [7, 11) is 5.55. The van der Waals surface area contributed by atoms with E-state index in [-0.39, 0.29) is 5.78 Å². The van der Waals surface area contributed by atoms with Crippen LogP contribution in [0.3, 0.4) is 0 Å². The van der Waals surface area contributed by atoms with Crippen molar-refractivity contribution in [2.75, 3.05) is 27.7 Å². The van der Waals surface area contributed by atoms with E-state index in [9.17, 15) is 4.79 Å². The van der Waals surface area contributed by atoms with E-state index in [4.69, 9.17) is 4.74 Å². The van der Waals surface area contributed by atoms with Gasteiger partial charge < -0.3 is 9.64 Å². The minimum Gasteiger partial charge on any atom is -0.493 e. The van der Waals surface area contributed by atoms with Crippen molar-refractivity contribution in [1.29, 1.82) is 0 Å². The van der Waals surface area contributed by atoms with Crippen molar-refractivity contribution in [3.63, 3.8) is 0 Å². The standard InChI is InChI=1S/C14H19N3O2S/c1-16(2)5-6-17-14(13(19-3)9-15-17)12(18)8-11-4-7-20-10-11/h4,7,9-10H,5-6,8H2,1-3H3. The number of thiophene rings is 1. The monoisotopic (exact) mass is 293 g/mol. The second-order valence-corrected chi connectivity index (χ2v) is 5.60. The Hall–Kier alpha value is -1.66. The fraction of sp³-hybridized carbons (Fsp3) is 0.429. The van der Waals surface area contributed by atoms with Gasteiger partial charge in [0.25, 0.3) is 0 Å². The summed E-state index contributed by atoms with van der Waals surface area (Å²) in [5, 5.41) is 8.22. The largest absolute Gasteiger partial charge is 0.493 e. The van der Waals surface area contributed by atoms with Crippen molar-refractivity contribution in [1.82, 2.24) is 14.7 Å². The number of likely N-dealkylation sites (N-methyl/N-ethyl adjacent to an activating group) is 1. The highest BCUT2D eigenvalue weighted by Gasteiger charge is 2.19. The quantitative estimate of drug-likeness (QED) is 0.732. The maximum absolute atomic E-state index is 12.5. The van der Waals surface area contributed by atoms with E-state index in [0.717, 1.165) is 12.1 Å². The Labute approximate surface area is 122 Å². The molecule has 0 spiro atoms. The third-order valence-electron chi connectivity index (χ3n) is 2.99. The van der Waals surface area contributed by atoms with Crippen LogP contribution in [0.2, 0.25) is 0 Å². The van der Waals surface area contributed by atoms with Gasteiger partial charge in [0.05, 0.1) is 19.9 Å². The van der Waals surface area contributed by atoms with Crippen LogP contribution in [0.25, 0.3) is 0 Å². The topological polar surface area (TPSA) is 47.4 Å². The van der Waals surface area contributed by atoms with Gasteiger partial charge >= 0.3 is 0 Å². The zero-order valence-corrected chi connectivity index (χ0v) is 12.8. The molecule has 0 aliphatic carbocycles. The van der Waals surface area contributed by atoms with Crippen LogP contribution < -0.4 is 4.74 Å². The van der Waals surface area contributed by atoms with Gasteiger partial charge in [-0.2, -0.15) is 16.4 Å². The number of nitrogens with zero attached hydrogens (tertiary/aromatic N) is 3. The summed E-state index contributed by atoms with van der Waals surface area (Å²) in [6, 6.07) is 1.97. The lowest BCUT2D eigenvalue weighted by atomic mass is 10.1. The predicted octanol–water partition coefficient (Wildman–Crippen LogP) is 1.94. The van der Waals surface area contributed by atoms with E-state index in [1.54, 1.807) is 29.3 Å². The van der Waals surface area contributed by atoms with Gasteiger partial charge in [-0.3, -0.25) is 9.48 Å². The SMILES string of the molecule is COc1cnn(CCN(C)C)c1C(=O)Cc1ccsc1. The highest BCUT2D eigenvalue weighted by Crippen LogP contribution is 2.20. The van der Waals surface area contributed by atoms with Crippen LogP contribution in [0.1, 0.15) is 16.1 Å². The summed E-state index contributed by atoms with van der Waals surface area (Å²) in [5.41, 5.74) is 1.59. The number of aromatic nitrogens is 2. The molecule has 0 aliphatic rings. The number of carbonyl (C=O) groups is 1. The smallest absolute Gasteiger partial charge is 0.189 e. The van der Waals surface area contributed by atoms with Crippen LogP contribution in [-0.2, 0) is 13.0 Å². The van der Waals surface area contributed by atoms with Crippen molar-refractivity contribution in [2.24, 2.45) is 0 Å². The molecular weight excluding hydrogens is 274 g/mol. The van der Waals surface area contributed by atoms with Gasteiger partial charge in [0.1, 0.15) is 5.69 Å². The highest BCUT2D eigenvalue weighted by atomic mass is 32.1. The van der Waals surface area contributed by atoms with Crippen molar-refractivity contribution < 1.29 is 9.53 Å². The van der Waals surface area contributed by atoms with Gasteiger partial charge in [0.15, 0.2) is 11.5 Å². The Morgan fingerprint density at radius 1 is 1.50 bits per heavy atom. The third kappa shape index (κ3) is 3.46. The molecule has 2 heterocycles. The Bertz CT molecular complexity index is 561. The number of hydrogen-bond acceptors (Lipinski definition) is 5. The molecular formula is C14H19N3O2S. The molecule has 20 heavy (non-hydrogen) atoms. The van der Waals surface area contributed by atoms with Gasteiger partial charge in [-0.05, 0) is 36.5 Å². The van der Waals surface area contributed by atoms with Crippen LogP contribution in [0.4, 0.5) is 0 Å². The fourth-order valence-corrected chi connectivity index (χ4v) is 2.59. The molecule has 0 N–H and O–H groups in total. The second-order valence-electron chi connectivity index (χ2n) is 4.82. The molecule has 2 rings (SSSR count). The molecule has 108 valence electrons. The minimum absolute atomic E-state index is 0.0384. The molecule has 0 saturated carbocycles. The van der Waals surface area contributed by atoms with Crippen molar-refractivity contribution in [3.8, 4) is 5.75 Å². The molecule has 0 fully saturated rings. The second kappa shape index (κ2) is 6.67. The molecule has 0 aromatic carbocycles. The van der Waals surface area contributed by atoms with Gasteiger partial charge in [-0.1, -0.05) is 0 Å². The molecule has 0 unspecified atom stereocenters. The first-order valence-corrected chi connectivity index (χ1v) is 7.35. The lowest BCUT2D eigenvalue weighted by Gasteiger charge is -2.12. The number of Topliss-reactive ketones (excluding diaryl/α,β-unsaturated/α-hetero) is 1. The molecule has 0 atom stereocenters. The average molecular weight is 293 g/mol. The minimum atomic E-state index is 0.0384. The number of ether oxygens (including phenoxy) is 1. The maximum atomic E-state index is 12.5. The number of methoxy groups -OCH3 is 1. The fourth-order valence-electron chi connectivity index (χ4n) is 1.93. The molecule has 0 aliphatic heterocycles. The first kappa shape index (κ1) is 14.7. The molecule has 6 heteroatoms. The van der Waals surface area contributed by atoms with E-state index in [1.165, 1.54) is 0 Å². The zero-order valence-electron chi connectivity index (χ0n) is 12.0. The van der Waals surface area contributed by atoms with Gasteiger partial charge in [0.2, 0.25) is 0 Å². The van der Waals surface area contributed by atoms with E-state index < -0.39 is 0 Å². The first-order valence-electron chi connectivity index (χ1n) is 6.40. The summed E-state index contributed by atoms with van der Waals surface area (Å²) < 4.78 is 6.99. The summed E-state index contributed by atoms with van der Waals surface area (Å²) >= 11 is 1.59. The van der Waals surface area contributed by atoms with Crippen LogP contribution in [0.15, 0.2) is 23.0 Å². The predicted molar refractivity (Wildman–Crippen MR) is 79.7 cm³/mol. The normalized spacial score (nSPS) is 11.0. The van der Waals surface area contributed by atoms with Crippen molar-refractivity contribution >= 4 is 17.1 Å². The van der Waals surface area contributed by atoms with Crippen LogP contribution in [0.5, 0.6) is 5.75 Å². The Balaban J connectivity index is 2.19. The number of hydrogen-bond donors (Lipinski definition) is 0. The molecule has 2 aromatic heterocycles. The molecule has 0 radical (unpaired) electrons. The van der Waals surface area contributed by atoms with Crippen LogP contribution in [0, 0.1) is 0 Å². The van der Waals surface area contributed by atoms with Gasteiger partial charge in [0, 0.05) is 13.0 Å². The molecule has 0 amide bonds. The average Bonchev–Trinajstić information content (AvgIpc) is 3.04. The number of ketones is 1. The third-order valence-corrected chi connectivity index (χ3v) is 3.73. The Morgan fingerprint density at radius 2 is 2.30 bits per heavy atom. The van der Waals surface area contributed by atoms with E-state index in [0.29, 0.717) is 24.4 Å². The molecule has 0 saturated heterocycles. The maximum Gasteiger partial charge on any atom is 0.189 e. The van der Waals surface area contributed by atoms with E-state index >= 15 is 0 Å². The van der Waals surface area contributed by atoms with E-state index in [1.807, 2.05) is 30.9 Å². The number of carbonyl (C=O) groups excluding carboxylic acids is 1. The summed E-state index contributed by atoms with van der Waals surface area (Å²) in [5.74, 6) is 0.584. The lowest BCUT2D eigenvalue weighted by molar-refractivity contribution is 0.0979. The van der Waals surface area contributed by atoms with Gasteiger partial charge in [-0.15, -0.1) is 0 Å². The van der Waals surface area contributed by atoms with Crippen molar-refractivity contribution in [3.05, 3.63) is 34.3 Å². The number of rotatable bonds is 7. The first-order chi connectivity index (χ1) is 9.61. The van der Waals surface area contributed by atoms with Crippen molar-refractivity contribution in [2.45, 2.75) is 13.0 Å². The van der Waals surface area contributed by atoms with Crippen LogP contribution in [-0.4, -0.2) is 48.2 Å². The highest BCUT2D eigenvalue weighted by molar-refractivity contribution is 7.08. The molecule has 0 bridgehead atoms. The van der Waals surface area contributed by atoms with Gasteiger partial charge in [-0.25, -0.2) is 0 Å². The summed E-state index contributed by atoms with van der Waals surface area (Å²) in [6.45, 7) is 1.49. The summed E-state index contributed by atoms with van der Waals surface area (Å²) in [6.07, 6.45) is 1.99. The Morgan fingerprint density at radius 3 is 2.90 bits per heavy atom. The molecule has 5 nitrogen and oxygen atoms in total. The summed E-state index contributed by atoms with van der Waals surface area (Å²) in [4.78, 5) is 14.5. The lowest BCUT2D eigenvalue weighted by Crippen LogP contribution is -2.22.